The zero-order valence-electron chi connectivity index (χ0n) is 6.81. The van der Waals surface area contributed by atoms with Gasteiger partial charge in [-0.2, -0.15) is 8.78 Å². The van der Waals surface area contributed by atoms with Crippen LogP contribution in [0.5, 0.6) is 0 Å². The molecule has 0 aromatic carbocycles. The van der Waals surface area contributed by atoms with Crippen molar-refractivity contribution in [3.05, 3.63) is 0 Å². The standard InChI is InChI=1S/C7H12F2N2O/c1-2-7(8,9)6(12)11-5-3-4(5)10/h4-5H,2-3,10H2,1H3,(H,11,12). The Morgan fingerprint density at radius 2 is 2.25 bits per heavy atom. The number of carbonyl (C=O) groups excluding carboxylic acids is 1. The molecule has 3 N–H and O–H groups in total. The first-order chi connectivity index (χ1) is 5.47. The number of amides is 1. The van der Waals surface area contributed by atoms with Crippen molar-refractivity contribution >= 4 is 5.91 Å². The molecule has 0 aliphatic heterocycles. The highest BCUT2D eigenvalue weighted by Gasteiger charge is 2.42. The summed E-state index contributed by atoms with van der Waals surface area (Å²) in [7, 11) is 0. The van der Waals surface area contributed by atoms with Crippen molar-refractivity contribution < 1.29 is 13.6 Å². The lowest BCUT2D eigenvalue weighted by Gasteiger charge is -2.13. The lowest BCUT2D eigenvalue weighted by molar-refractivity contribution is -0.146. The van der Waals surface area contributed by atoms with Crippen LogP contribution in [0.25, 0.3) is 0 Å². The Hall–Kier alpha value is -0.710. The van der Waals surface area contributed by atoms with Crippen LogP contribution in [0.1, 0.15) is 19.8 Å². The van der Waals surface area contributed by atoms with E-state index in [2.05, 4.69) is 5.32 Å². The van der Waals surface area contributed by atoms with Gasteiger partial charge in [-0.05, 0) is 6.42 Å². The van der Waals surface area contributed by atoms with Crippen LogP contribution < -0.4 is 11.1 Å². The fraction of sp³-hybridized carbons (Fsp3) is 0.857. The molecule has 0 spiro atoms. The lowest BCUT2D eigenvalue weighted by atomic mass is 10.2. The van der Waals surface area contributed by atoms with Crippen LogP contribution in [0.2, 0.25) is 0 Å². The SMILES string of the molecule is CCC(F)(F)C(=O)NC1CC1N. The van der Waals surface area contributed by atoms with Crippen LogP contribution in [0.4, 0.5) is 8.78 Å². The fourth-order valence-electron chi connectivity index (χ4n) is 0.815. The Labute approximate surface area is 69.3 Å². The molecular formula is C7H12F2N2O. The number of hydrogen-bond acceptors (Lipinski definition) is 2. The molecule has 0 heterocycles. The average molecular weight is 178 g/mol. The van der Waals surface area contributed by atoms with Gasteiger partial charge in [0.1, 0.15) is 0 Å². The molecule has 0 radical (unpaired) electrons. The first kappa shape index (κ1) is 9.38. The van der Waals surface area contributed by atoms with E-state index in [0.29, 0.717) is 6.42 Å². The second kappa shape index (κ2) is 2.97. The third-order valence-electron chi connectivity index (χ3n) is 1.93. The number of nitrogens with two attached hydrogens (primary N) is 1. The van der Waals surface area contributed by atoms with Gasteiger partial charge in [-0.3, -0.25) is 4.79 Å². The molecule has 12 heavy (non-hydrogen) atoms. The molecule has 1 saturated carbocycles. The molecule has 2 unspecified atom stereocenters. The highest BCUT2D eigenvalue weighted by molar-refractivity contribution is 5.83. The number of halogens is 2. The molecule has 1 aliphatic rings. The quantitative estimate of drug-likeness (QED) is 0.650. The van der Waals surface area contributed by atoms with E-state index >= 15 is 0 Å². The molecule has 3 nitrogen and oxygen atoms in total. The summed E-state index contributed by atoms with van der Waals surface area (Å²) < 4.78 is 25.2. The van der Waals surface area contributed by atoms with Gasteiger partial charge in [0.2, 0.25) is 0 Å². The molecule has 5 heteroatoms. The predicted octanol–water partition coefficient (Wildman–Crippen LogP) is 0.248. The monoisotopic (exact) mass is 178 g/mol. The number of alkyl halides is 2. The summed E-state index contributed by atoms with van der Waals surface area (Å²) in [4.78, 5) is 10.8. The summed E-state index contributed by atoms with van der Waals surface area (Å²) >= 11 is 0. The van der Waals surface area contributed by atoms with Crippen LogP contribution >= 0.6 is 0 Å². The van der Waals surface area contributed by atoms with Crippen molar-refractivity contribution in [2.75, 3.05) is 0 Å². The summed E-state index contributed by atoms with van der Waals surface area (Å²) in [5.74, 6) is -4.45. The van der Waals surface area contributed by atoms with E-state index in [-0.39, 0.29) is 12.1 Å². The van der Waals surface area contributed by atoms with Crippen molar-refractivity contribution in [2.45, 2.75) is 37.8 Å². The Morgan fingerprint density at radius 3 is 2.58 bits per heavy atom. The minimum atomic E-state index is -3.25. The maximum absolute atomic E-state index is 12.6. The van der Waals surface area contributed by atoms with Crippen LogP contribution in [0, 0.1) is 0 Å². The normalized spacial score (nSPS) is 28.3. The van der Waals surface area contributed by atoms with Gasteiger partial charge in [0, 0.05) is 18.5 Å². The smallest absolute Gasteiger partial charge is 0.324 e. The molecule has 70 valence electrons. The molecule has 1 aliphatic carbocycles. The van der Waals surface area contributed by atoms with Gasteiger partial charge in [0.05, 0.1) is 0 Å². The number of hydrogen-bond donors (Lipinski definition) is 2. The number of rotatable bonds is 3. The summed E-state index contributed by atoms with van der Waals surface area (Å²) in [6.45, 7) is 1.27. The molecule has 2 atom stereocenters. The van der Waals surface area contributed by atoms with E-state index in [0.717, 1.165) is 0 Å². The topological polar surface area (TPSA) is 55.1 Å². The maximum atomic E-state index is 12.6. The van der Waals surface area contributed by atoms with Crippen LogP contribution in [0.3, 0.4) is 0 Å². The Kier molecular flexibility index (Phi) is 2.32. The van der Waals surface area contributed by atoms with E-state index in [1.807, 2.05) is 0 Å². The lowest BCUT2D eigenvalue weighted by Crippen LogP contribution is -2.42. The maximum Gasteiger partial charge on any atom is 0.324 e. The van der Waals surface area contributed by atoms with Gasteiger partial charge < -0.3 is 11.1 Å². The molecule has 1 amide bonds. The Morgan fingerprint density at radius 1 is 1.75 bits per heavy atom. The summed E-state index contributed by atoms with van der Waals surface area (Å²) in [5, 5.41) is 2.18. The minimum absolute atomic E-state index is 0.137. The molecule has 0 saturated heterocycles. The first-order valence-electron chi connectivity index (χ1n) is 3.91. The predicted molar refractivity (Wildman–Crippen MR) is 39.8 cm³/mol. The minimum Gasteiger partial charge on any atom is -0.347 e. The van der Waals surface area contributed by atoms with Gasteiger partial charge >= 0.3 is 5.92 Å². The number of carbonyl (C=O) groups is 1. The van der Waals surface area contributed by atoms with Crippen molar-refractivity contribution in [3.8, 4) is 0 Å². The van der Waals surface area contributed by atoms with Crippen LogP contribution in [-0.4, -0.2) is 23.9 Å². The van der Waals surface area contributed by atoms with Gasteiger partial charge in [-0.1, -0.05) is 6.92 Å². The van der Waals surface area contributed by atoms with Crippen molar-refractivity contribution in [2.24, 2.45) is 5.73 Å². The molecule has 0 aromatic heterocycles. The van der Waals surface area contributed by atoms with E-state index in [1.54, 1.807) is 0 Å². The Balaban J connectivity index is 2.37. The molecule has 1 rings (SSSR count). The molecule has 1 fully saturated rings. The Bertz CT molecular complexity index is 196. The highest BCUT2D eigenvalue weighted by Crippen LogP contribution is 2.22. The van der Waals surface area contributed by atoms with Gasteiger partial charge in [-0.25, -0.2) is 0 Å². The second-order valence-electron chi connectivity index (χ2n) is 3.04. The zero-order valence-corrected chi connectivity index (χ0v) is 6.81. The summed E-state index contributed by atoms with van der Waals surface area (Å²) in [6.07, 6.45) is 0.131. The molecular weight excluding hydrogens is 166 g/mol. The largest absolute Gasteiger partial charge is 0.347 e. The zero-order chi connectivity index (χ0) is 9.35. The first-order valence-corrected chi connectivity index (χ1v) is 3.91. The van der Waals surface area contributed by atoms with Crippen LogP contribution in [-0.2, 0) is 4.79 Å². The average Bonchev–Trinajstić information content (AvgIpc) is 2.66. The second-order valence-corrected chi connectivity index (χ2v) is 3.04. The van der Waals surface area contributed by atoms with E-state index < -0.39 is 18.3 Å². The highest BCUT2D eigenvalue weighted by atomic mass is 19.3. The van der Waals surface area contributed by atoms with Gasteiger partial charge in [0.15, 0.2) is 0 Å². The fourth-order valence-corrected chi connectivity index (χ4v) is 0.815. The van der Waals surface area contributed by atoms with Crippen molar-refractivity contribution in [1.82, 2.24) is 5.32 Å². The van der Waals surface area contributed by atoms with Gasteiger partial charge in [-0.15, -0.1) is 0 Å². The van der Waals surface area contributed by atoms with Crippen LogP contribution in [0.15, 0.2) is 0 Å². The van der Waals surface area contributed by atoms with E-state index in [1.165, 1.54) is 6.92 Å². The van der Waals surface area contributed by atoms with Crippen molar-refractivity contribution in [3.63, 3.8) is 0 Å². The molecule has 0 aromatic rings. The van der Waals surface area contributed by atoms with E-state index in [4.69, 9.17) is 5.73 Å². The summed E-state index contributed by atoms with van der Waals surface area (Å²) in [6, 6.07) is -0.378. The number of nitrogens with one attached hydrogen (secondary N) is 1. The third kappa shape index (κ3) is 1.91. The summed E-state index contributed by atoms with van der Waals surface area (Å²) in [5.41, 5.74) is 5.34. The van der Waals surface area contributed by atoms with Gasteiger partial charge in [0.25, 0.3) is 5.91 Å². The third-order valence-corrected chi connectivity index (χ3v) is 1.93. The van der Waals surface area contributed by atoms with E-state index in [9.17, 15) is 13.6 Å². The molecule has 0 bridgehead atoms. The van der Waals surface area contributed by atoms with Crippen molar-refractivity contribution in [1.29, 1.82) is 0 Å².